The van der Waals surface area contributed by atoms with Crippen molar-refractivity contribution in [2.75, 3.05) is 0 Å². The molecule has 0 saturated carbocycles. The highest BCUT2D eigenvalue weighted by Gasteiger charge is 1.68. The molecule has 0 fully saturated rings. The van der Waals surface area contributed by atoms with Crippen LogP contribution in [0, 0.1) is 6.92 Å². The van der Waals surface area contributed by atoms with Gasteiger partial charge in [0.15, 0.2) is 0 Å². The van der Waals surface area contributed by atoms with Gasteiger partial charge in [-0.05, 0) is 19.8 Å². The van der Waals surface area contributed by atoms with Gasteiger partial charge in [-0.1, -0.05) is 67.7 Å². The molecule has 0 aromatic rings. The normalized spacial score (nSPS) is 13.6. The third-order valence-corrected chi connectivity index (χ3v) is 1.48. The van der Waals surface area contributed by atoms with E-state index in [1.54, 1.807) is 0 Å². The molecule has 0 aromatic carbocycles. The zero-order chi connectivity index (χ0) is 10.5. The highest BCUT2D eigenvalue weighted by atomic mass is 13.7. The standard InChI is InChI=1S/C14H19/c1-3-5-7-9-11-13-14-12-10-8-6-4-2/h4,6-14H,1,3,5H2,2H3/b6-4+,9-7+,10-8+,13-11+,14-12+. The molecule has 0 heterocycles. The molecular formula is C14H19. The first-order valence-corrected chi connectivity index (χ1v) is 4.99. The van der Waals surface area contributed by atoms with Gasteiger partial charge in [-0.2, -0.15) is 0 Å². The van der Waals surface area contributed by atoms with Crippen LogP contribution in [0.3, 0.4) is 0 Å². The van der Waals surface area contributed by atoms with Gasteiger partial charge >= 0.3 is 0 Å². The van der Waals surface area contributed by atoms with E-state index < -0.39 is 0 Å². The van der Waals surface area contributed by atoms with Crippen molar-refractivity contribution in [3.8, 4) is 0 Å². The fraction of sp³-hybridized carbons (Fsp3) is 0.214. The zero-order valence-electron chi connectivity index (χ0n) is 8.89. The lowest BCUT2D eigenvalue weighted by Crippen LogP contribution is -1.58. The average molecular weight is 187 g/mol. The summed E-state index contributed by atoms with van der Waals surface area (Å²) in [7, 11) is 0. The summed E-state index contributed by atoms with van der Waals surface area (Å²) in [6.07, 6.45) is 22.2. The van der Waals surface area contributed by atoms with Crippen LogP contribution in [0.5, 0.6) is 0 Å². The van der Waals surface area contributed by atoms with Crippen molar-refractivity contribution in [2.45, 2.75) is 19.8 Å². The summed E-state index contributed by atoms with van der Waals surface area (Å²) in [5.74, 6) is 0. The van der Waals surface area contributed by atoms with Crippen LogP contribution in [0.25, 0.3) is 0 Å². The topological polar surface area (TPSA) is 0 Å². The van der Waals surface area contributed by atoms with Crippen molar-refractivity contribution in [3.05, 3.63) is 67.7 Å². The van der Waals surface area contributed by atoms with Crippen LogP contribution >= 0.6 is 0 Å². The molecule has 0 aliphatic heterocycles. The van der Waals surface area contributed by atoms with Crippen LogP contribution < -0.4 is 0 Å². The summed E-state index contributed by atoms with van der Waals surface area (Å²) in [4.78, 5) is 0. The Hall–Kier alpha value is -1.30. The van der Waals surface area contributed by atoms with E-state index in [1.807, 2.05) is 61.6 Å². The molecule has 0 bridgehead atoms. The number of unbranched alkanes of at least 4 members (excludes halogenated alkanes) is 1. The second-order valence-corrected chi connectivity index (χ2v) is 2.75. The van der Waals surface area contributed by atoms with E-state index in [1.165, 1.54) is 0 Å². The van der Waals surface area contributed by atoms with Gasteiger partial charge in [0.2, 0.25) is 0 Å². The maximum absolute atomic E-state index is 3.76. The summed E-state index contributed by atoms with van der Waals surface area (Å²) in [6, 6.07) is 0. The molecule has 0 nitrogen and oxygen atoms in total. The Kier molecular flexibility index (Phi) is 10.6. The van der Waals surface area contributed by atoms with Gasteiger partial charge in [0.1, 0.15) is 0 Å². The smallest absolute Gasteiger partial charge is 0.0348 e. The monoisotopic (exact) mass is 187 g/mol. The van der Waals surface area contributed by atoms with Crippen molar-refractivity contribution in [1.82, 2.24) is 0 Å². The molecule has 0 aromatic heterocycles. The van der Waals surface area contributed by atoms with Crippen LogP contribution in [0.1, 0.15) is 19.8 Å². The second-order valence-electron chi connectivity index (χ2n) is 2.75. The maximum atomic E-state index is 3.76. The molecule has 0 unspecified atom stereocenters. The molecule has 0 aliphatic rings. The Bertz CT molecular complexity index is 237. The Morgan fingerprint density at radius 1 is 0.786 bits per heavy atom. The van der Waals surface area contributed by atoms with E-state index in [9.17, 15) is 0 Å². The Morgan fingerprint density at radius 3 is 1.79 bits per heavy atom. The molecular weight excluding hydrogens is 168 g/mol. The Morgan fingerprint density at radius 2 is 1.29 bits per heavy atom. The van der Waals surface area contributed by atoms with Crippen LogP contribution in [-0.4, -0.2) is 0 Å². The largest absolute Gasteiger partial charge is 0.0877 e. The molecule has 0 heteroatoms. The van der Waals surface area contributed by atoms with Crippen molar-refractivity contribution in [2.24, 2.45) is 0 Å². The zero-order valence-corrected chi connectivity index (χ0v) is 8.89. The molecule has 0 saturated heterocycles. The molecule has 0 rings (SSSR count). The lowest BCUT2D eigenvalue weighted by atomic mass is 10.3. The quantitative estimate of drug-likeness (QED) is 0.541. The van der Waals surface area contributed by atoms with Crippen molar-refractivity contribution in [1.29, 1.82) is 0 Å². The van der Waals surface area contributed by atoms with Gasteiger partial charge in [0.25, 0.3) is 0 Å². The fourth-order valence-corrected chi connectivity index (χ4v) is 0.789. The van der Waals surface area contributed by atoms with Crippen LogP contribution in [0.4, 0.5) is 0 Å². The SMILES string of the molecule is [CH2]CC/C=C/C=C/C=C/C=C/C=C/C. The van der Waals surface area contributed by atoms with Gasteiger partial charge in [-0.25, -0.2) is 0 Å². The molecule has 75 valence electrons. The molecule has 0 atom stereocenters. The number of allylic oxidation sites excluding steroid dienone is 10. The summed E-state index contributed by atoms with van der Waals surface area (Å²) >= 11 is 0. The third kappa shape index (κ3) is 10.7. The van der Waals surface area contributed by atoms with E-state index in [-0.39, 0.29) is 0 Å². The lowest BCUT2D eigenvalue weighted by Gasteiger charge is -1.79. The fourth-order valence-electron chi connectivity index (χ4n) is 0.789. The van der Waals surface area contributed by atoms with E-state index in [0.29, 0.717) is 0 Å². The predicted octanol–water partition coefficient (Wildman–Crippen LogP) is 4.40. The van der Waals surface area contributed by atoms with E-state index >= 15 is 0 Å². The molecule has 0 aliphatic carbocycles. The number of hydrogen-bond donors (Lipinski definition) is 0. The maximum Gasteiger partial charge on any atom is -0.0348 e. The third-order valence-electron chi connectivity index (χ3n) is 1.48. The summed E-state index contributed by atoms with van der Waals surface area (Å²) < 4.78 is 0. The van der Waals surface area contributed by atoms with Gasteiger partial charge in [0, 0.05) is 0 Å². The number of hydrogen-bond acceptors (Lipinski definition) is 0. The van der Waals surface area contributed by atoms with Gasteiger partial charge in [-0.15, -0.1) is 0 Å². The highest BCUT2D eigenvalue weighted by molar-refractivity contribution is 5.17. The Balaban J connectivity index is 3.60. The minimum atomic E-state index is 0.965. The highest BCUT2D eigenvalue weighted by Crippen LogP contribution is 1.89. The van der Waals surface area contributed by atoms with Gasteiger partial charge in [-0.3, -0.25) is 0 Å². The molecule has 0 amide bonds. The number of rotatable bonds is 6. The second kappa shape index (κ2) is 11.7. The summed E-state index contributed by atoms with van der Waals surface area (Å²) in [5.41, 5.74) is 0. The Labute approximate surface area is 88.0 Å². The van der Waals surface area contributed by atoms with Crippen LogP contribution in [0.2, 0.25) is 0 Å². The predicted molar refractivity (Wildman–Crippen MR) is 66.0 cm³/mol. The van der Waals surface area contributed by atoms with Crippen molar-refractivity contribution >= 4 is 0 Å². The molecule has 0 spiro atoms. The average Bonchev–Trinajstić information content (AvgIpc) is 2.21. The molecule has 1 radical (unpaired) electrons. The summed E-state index contributed by atoms with van der Waals surface area (Å²) in [5, 5.41) is 0. The van der Waals surface area contributed by atoms with Gasteiger partial charge in [0.05, 0.1) is 0 Å². The van der Waals surface area contributed by atoms with Gasteiger partial charge < -0.3 is 0 Å². The molecule has 14 heavy (non-hydrogen) atoms. The van der Waals surface area contributed by atoms with Crippen LogP contribution in [-0.2, 0) is 0 Å². The first kappa shape index (κ1) is 12.7. The van der Waals surface area contributed by atoms with Crippen molar-refractivity contribution in [3.63, 3.8) is 0 Å². The lowest BCUT2D eigenvalue weighted by molar-refractivity contribution is 1.05. The van der Waals surface area contributed by atoms with Crippen LogP contribution in [0.15, 0.2) is 60.8 Å². The minimum absolute atomic E-state index is 0.965. The molecule has 0 N–H and O–H groups in total. The van der Waals surface area contributed by atoms with E-state index in [0.717, 1.165) is 12.8 Å². The van der Waals surface area contributed by atoms with E-state index in [4.69, 9.17) is 0 Å². The first-order chi connectivity index (χ1) is 6.91. The minimum Gasteiger partial charge on any atom is -0.0877 e. The summed E-state index contributed by atoms with van der Waals surface area (Å²) in [6.45, 7) is 5.76. The van der Waals surface area contributed by atoms with Crippen molar-refractivity contribution < 1.29 is 0 Å². The first-order valence-electron chi connectivity index (χ1n) is 4.99. The van der Waals surface area contributed by atoms with E-state index in [2.05, 4.69) is 13.0 Å².